The molecule has 138 valence electrons. The first-order valence-electron chi connectivity index (χ1n) is 8.75. The van der Waals surface area contributed by atoms with Crippen molar-refractivity contribution >= 4 is 33.4 Å². The van der Waals surface area contributed by atoms with E-state index in [1.807, 2.05) is 41.3 Å². The minimum absolute atomic E-state index is 0.0182. The van der Waals surface area contributed by atoms with Crippen LogP contribution >= 0.6 is 27.5 Å². The van der Waals surface area contributed by atoms with E-state index in [1.54, 1.807) is 12.1 Å². The Labute approximate surface area is 170 Å². The molecule has 0 aliphatic carbocycles. The van der Waals surface area contributed by atoms with Gasteiger partial charge in [-0.2, -0.15) is 4.98 Å². The second-order valence-corrected chi connectivity index (χ2v) is 7.82. The Balaban J connectivity index is 1.51. The lowest BCUT2D eigenvalue weighted by molar-refractivity contribution is 0.0694. The second kappa shape index (κ2) is 7.82. The molecule has 0 bridgehead atoms. The number of hydrogen-bond donors (Lipinski definition) is 0. The van der Waals surface area contributed by atoms with Crippen LogP contribution in [0.1, 0.15) is 35.0 Å². The standard InChI is InChI=1S/C20H17BrClN3O2/c21-17-6-2-1-5-16(17)20(26)25-11-3-4-14(12-25)19-23-18(24-27-19)13-7-9-15(22)10-8-13/h1-2,5-10,14H,3-4,11-12H2/t14-/m1/s1. The van der Waals surface area contributed by atoms with Crippen molar-refractivity contribution in [3.63, 3.8) is 0 Å². The first kappa shape index (κ1) is 18.2. The highest BCUT2D eigenvalue weighted by atomic mass is 79.9. The lowest BCUT2D eigenvalue weighted by Gasteiger charge is -2.31. The number of likely N-dealkylation sites (tertiary alicyclic amines) is 1. The van der Waals surface area contributed by atoms with Gasteiger partial charge in [0.05, 0.1) is 11.5 Å². The number of benzene rings is 2. The molecule has 1 saturated heterocycles. The van der Waals surface area contributed by atoms with Gasteiger partial charge in [0.15, 0.2) is 0 Å². The molecule has 3 aromatic rings. The fourth-order valence-corrected chi connectivity index (χ4v) is 3.87. The molecule has 1 aliphatic rings. The van der Waals surface area contributed by atoms with Crippen LogP contribution in [-0.4, -0.2) is 34.0 Å². The molecule has 1 atom stereocenters. The van der Waals surface area contributed by atoms with Crippen molar-refractivity contribution in [1.29, 1.82) is 0 Å². The number of amides is 1. The number of piperidine rings is 1. The van der Waals surface area contributed by atoms with E-state index in [-0.39, 0.29) is 11.8 Å². The Morgan fingerprint density at radius 3 is 2.74 bits per heavy atom. The van der Waals surface area contributed by atoms with Crippen LogP contribution in [0.25, 0.3) is 11.4 Å². The summed E-state index contributed by atoms with van der Waals surface area (Å²) in [6.07, 6.45) is 1.82. The number of aromatic nitrogens is 2. The highest BCUT2D eigenvalue weighted by Crippen LogP contribution is 2.29. The van der Waals surface area contributed by atoms with E-state index >= 15 is 0 Å². The summed E-state index contributed by atoms with van der Waals surface area (Å²) in [5, 5.41) is 4.76. The predicted molar refractivity (Wildman–Crippen MR) is 107 cm³/mol. The lowest BCUT2D eigenvalue weighted by atomic mass is 9.97. The van der Waals surface area contributed by atoms with Crippen LogP contribution in [-0.2, 0) is 0 Å². The van der Waals surface area contributed by atoms with Crippen molar-refractivity contribution in [1.82, 2.24) is 15.0 Å². The van der Waals surface area contributed by atoms with Crippen LogP contribution in [0.3, 0.4) is 0 Å². The summed E-state index contributed by atoms with van der Waals surface area (Å²) >= 11 is 9.39. The van der Waals surface area contributed by atoms with Crippen LogP contribution in [0.5, 0.6) is 0 Å². The number of rotatable bonds is 3. The molecule has 27 heavy (non-hydrogen) atoms. The Kier molecular flexibility index (Phi) is 5.27. The number of carbonyl (C=O) groups excluding carboxylic acids is 1. The molecule has 0 unspecified atom stereocenters. The molecule has 1 amide bonds. The molecule has 0 radical (unpaired) electrons. The summed E-state index contributed by atoms with van der Waals surface area (Å²) in [6.45, 7) is 1.30. The molecule has 1 aromatic heterocycles. The van der Waals surface area contributed by atoms with E-state index in [0.717, 1.165) is 29.4 Å². The summed E-state index contributed by atoms with van der Waals surface area (Å²) in [4.78, 5) is 19.3. The second-order valence-electron chi connectivity index (χ2n) is 6.53. The number of carbonyl (C=O) groups is 1. The molecule has 4 rings (SSSR count). The fraction of sp³-hybridized carbons (Fsp3) is 0.250. The quantitative estimate of drug-likeness (QED) is 0.557. The van der Waals surface area contributed by atoms with Gasteiger partial charge in [0, 0.05) is 28.1 Å². The SMILES string of the molecule is O=C(c1ccccc1Br)N1CCC[C@@H](c2nc(-c3ccc(Cl)cc3)no2)C1. The van der Waals surface area contributed by atoms with Gasteiger partial charge in [-0.1, -0.05) is 28.9 Å². The summed E-state index contributed by atoms with van der Waals surface area (Å²) in [7, 11) is 0. The van der Waals surface area contributed by atoms with Crippen molar-refractivity contribution in [3.05, 3.63) is 69.5 Å². The maximum atomic E-state index is 12.9. The van der Waals surface area contributed by atoms with E-state index in [0.29, 0.717) is 28.8 Å². The normalized spacial score (nSPS) is 17.1. The Morgan fingerprint density at radius 1 is 1.19 bits per heavy atom. The number of halogens is 2. The van der Waals surface area contributed by atoms with Crippen molar-refractivity contribution in [2.75, 3.05) is 13.1 Å². The molecule has 2 aromatic carbocycles. The van der Waals surface area contributed by atoms with Crippen LogP contribution in [0, 0.1) is 0 Å². The third-order valence-corrected chi connectivity index (χ3v) is 5.65. The van der Waals surface area contributed by atoms with E-state index in [9.17, 15) is 4.79 Å². The Morgan fingerprint density at radius 2 is 1.96 bits per heavy atom. The first-order chi connectivity index (χ1) is 13.1. The minimum atomic E-state index is 0.0182. The van der Waals surface area contributed by atoms with E-state index in [2.05, 4.69) is 26.1 Å². The molecule has 1 fully saturated rings. The molecule has 2 heterocycles. The minimum Gasteiger partial charge on any atom is -0.339 e. The molecule has 0 saturated carbocycles. The summed E-state index contributed by atoms with van der Waals surface area (Å²) in [6, 6.07) is 14.8. The van der Waals surface area contributed by atoms with Crippen LogP contribution in [0.4, 0.5) is 0 Å². The van der Waals surface area contributed by atoms with Gasteiger partial charge in [0.2, 0.25) is 11.7 Å². The maximum Gasteiger partial charge on any atom is 0.255 e. The zero-order valence-electron chi connectivity index (χ0n) is 14.4. The van der Waals surface area contributed by atoms with Gasteiger partial charge in [-0.3, -0.25) is 4.79 Å². The van der Waals surface area contributed by atoms with Gasteiger partial charge >= 0.3 is 0 Å². The zero-order valence-corrected chi connectivity index (χ0v) is 16.8. The summed E-state index contributed by atoms with van der Waals surface area (Å²) in [5.41, 5.74) is 1.52. The third-order valence-electron chi connectivity index (χ3n) is 4.71. The topological polar surface area (TPSA) is 59.2 Å². The molecule has 1 aliphatic heterocycles. The average molecular weight is 447 g/mol. The van der Waals surface area contributed by atoms with Crippen LogP contribution in [0.15, 0.2) is 57.5 Å². The monoisotopic (exact) mass is 445 g/mol. The van der Waals surface area contributed by atoms with Gasteiger partial charge in [0.25, 0.3) is 5.91 Å². The van der Waals surface area contributed by atoms with Gasteiger partial charge in [0.1, 0.15) is 0 Å². The molecule has 0 N–H and O–H groups in total. The number of hydrogen-bond acceptors (Lipinski definition) is 4. The smallest absolute Gasteiger partial charge is 0.255 e. The molecular formula is C20H17BrClN3O2. The van der Waals surface area contributed by atoms with Crippen molar-refractivity contribution in [3.8, 4) is 11.4 Å². The van der Waals surface area contributed by atoms with E-state index in [4.69, 9.17) is 16.1 Å². The highest BCUT2D eigenvalue weighted by molar-refractivity contribution is 9.10. The van der Waals surface area contributed by atoms with Crippen LogP contribution < -0.4 is 0 Å². The summed E-state index contributed by atoms with van der Waals surface area (Å²) in [5.74, 6) is 1.17. The van der Waals surface area contributed by atoms with E-state index < -0.39 is 0 Å². The summed E-state index contributed by atoms with van der Waals surface area (Å²) < 4.78 is 6.31. The molecule has 0 spiro atoms. The third kappa shape index (κ3) is 3.92. The van der Waals surface area contributed by atoms with E-state index in [1.165, 1.54) is 0 Å². The van der Waals surface area contributed by atoms with Gasteiger partial charge in [-0.15, -0.1) is 0 Å². The fourth-order valence-electron chi connectivity index (χ4n) is 3.29. The Bertz CT molecular complexity index is 958. The first-order valence-corrected chi connectivity index (χ1v) is 9.92. The average Bonchev–Trinajstić information content (AvgIpc) is 3.19. The predicted octanol–water partition coefficient (Wildman–Crippen LogP) is 5.17. The van der Waals surface area contributed by atoms with Crippen molar-refractivity contribution in [2.24, 2.45) is 0 Å². The van der Waals surface area contributed by atoms with Gasteiger partial charge < -0.3 is 9.42 Å². The zero-order chi connectivity index (χ0) is 18.8. The van der Waals surface area contributed by atoms with Crippen LogP contribution in [0.2, 0.25) is 5.02 Å². The van der Waals surface area contributed by atoms with Gasteiger partial charge in [-0.25, -0.2) is 0 Å². The lowest BCUT2D eigenvalue weighted by Crippen LogP contribution is -2.39. The largest absolute Gasteiger partial charge is 0.339 e. The molecular weight excluding hydrogens is 430 g/mol. The molecule has 7 heteroatoms. The maximum absolute atomic E-state index is 12.9. The van der Waals surface area contributed by atoms with Crippen molar-refractivity contribution < 1.29 is 9.32 Å². The van der Waals surface area contributed by atoms with Gasteiger partial charge in [-0.05, 0) is 65.2 Å². The highest BCUT2D eigenvalue weighted by Gasteiger charge is 2.29. The molecule has 5 nitrogen and oxygen atoms in total. The van der Waals surface area contributed by atoms with Crippen molar-refractivity contribution in [2.45, 2.75) is 18.8 Å². The number of nitrogens with zero attached hydrogens (tertiary/aromatic N) is 3. The Hall–Kier alpha value is -2.18.